The molecule has 0 nitrogen and oxygen atoms in total. The Morgan fingerprint density at radius 3 is 0.667 bits per heavy atom. The van der Waals surface area contributed by atoms with Crippen molar-refractivity contribution in [2.45, 2.75) is 63.8 Å². The van der Waals surface area contributed by atoms with Gasteiger partial charge in [0.1, 0.15) is 0 Å². The fraction of sp³-hybridized carbons (Fsp3) is 0.611. The normalized spacial score (nSPS) is 4.67. The van der Waals surface area contributed by atoms with Gasteiger partial charge in [-0.05, 0) is 13.8 Å². The molecule has 0 spiro atoms. The molecular weight excluding hydrogens is 473 g/mol. The summed E-state index contributed by atoms with van der Waals surface area (Å²) in [4.78, 5) is 0. The maximum absolute atomic E-state index is 3.64. The molecule has 0 aromatic heterocycles. The average Bonchev–Trinajstić information content (AvgIpc) is 1.85. The minimum absolute atomic E-state index is 0. The number of allylic oxidation sites excluding steroid dienone is 2. The first kappa shape index (κ1) is 72.3. The van der Waals surface area contributed by atoms with Crippen molar-refractivity contribution in [1.29, 1.82) is 0 Å². The van der Waals surface area contributed by atoms with Crippen molar-refractivity contribution in [2.24, 2.45) is 11.8 Å². The van der Waals surface area contributed by atoms with E-state index in [0.29, 0.717) is 11.8 Å². The molecule has 0 aromatic carbocycles. The molecule has 0 aliphatic carbocycles. The minimum Gasteiger partial charge on any atom is -0.358 e. The summed E-state index contributed by atoms with van der Waals surface area (Å²) in [6.07, 6.45) is 3.50. The van der Waals surface area contributed by atoms with Gasteiger partial charge in [-0.3, -0.25) is 0 Å². The van der Waals surface area contributed by atoms with Gasteiger partial charge in [-0.1, -0.05) is 62.1 Å². The molecule has 0 N–H and O–H groups in total. The van der Waals surface area contributed by atoms with Gasteiger partial charge < -0.3 is 21.3 Å². The monoisotopic (exact) mass is 516 g/mol. The van der Waals surface area contributed by atoms with Gasteiger partial charge in [-0.25, -0.2) is 0 Å². The SMILES string of the molecule is C.C.C.C=CC.C=CC.[CH2-]C(C)C.[CH2-]C(C)C.[CH3-].[Rb+].[Rb+].[Rb+]. The Morgan fingerprint density at radius 2 is 0.667 bits per heavy atom. The molecule has 0 atom stereocenters. The van der Waals surface area contributed by atoms with Crippen LogP contribution >= 0.6 is 0 Å². The third-order valence-electron chi connectivity index (χ3n) is 0. The van der Waals surface area contributed by atoms with Crippen molar-refractivity contribution in [1.82, 2.24) is 0 Å². The van der Waals surface area contributed by atoms with Crippen LogP contribution in [0, 0.1) is 33.1 Å². The molecule has 0 radical (unpaired) electrons. The predicted octanol–water partition coefficient (Wildman–Crippen LogP) is -1.29. The van der Waals surface area contributed by atoms with Crippen LogP contribution in [0.25, 0.3) is 0 Å². The second kappa shape index (κ2) is 85.5. The molecule has 0 unspecified atom stereocenters. The number of hydrogen-bond acceptors (Lipinski definition) is 0. The second-order valence-corrected chi connectivity index (χ2v) is 3.60. The van der Waals surface area contributed by atoms with E-state index in [2.05, 4.69) is 54.7 Å². The predicted molar refractivity (Wildman–Crippen MR) is 98.7 cm³/mol. The third kappa shape index (κ3) is 545. The van der Waals surface area contributed by atoms with Gasteiger partial charge in [-0.15, -0.1) is 13.2 Å². The van der Waals surface area contributed by atoms with Crippen LogP contribution in [0.15, 0.2) is 25.3 Å². The molecule has 0 aliphatic heterocycles. The van der Waals surface area contributed by atoms with E-state index in [1.54, 1.807) is 12.2 Å². The van der Waals surface area contributed by atoms with Crippen molar-refractivity contribution >= 4 is 0 Å². The average molecular weight is 518 g/mol. The van der Waals surface area contributed by atoms with Gasteiger partial charge in [-0.2, -0.15) is 11.8 Å². The second-order valence-electron chi connectivity index (χ2n) is 3.60. The van der Waals surface area contributed by atoms with Crippen LogP contribution < -0.4 is 175 Å². The van der Waals surface area contributed by atoms with Gasteiger partial charge in [0.05, 0.1) is 0 Å². The number of hydrogen-bond donors (Lipinski definition) is 0. The standard InChI is InChI=1S/2C4H9.2C3H6.3CH4.CH3.3Rb/c2*1-4(2)3;2*1-3-2;;;;;;;/h2*4H,1H2,2-3H3;2*3H,1H2,2H3;3*1H4;1H3;;;/q2*-1;;;;;;-1;3*+1. The van der Waals surface area contributed by atoms with Crippen LogP contribution in [0.1, 0.15) is 63.8 Å². The fourth-order valence-electron chi connectivity index (χ4n) is 0. The summed E-state index contributed by atoms with van der Waals surface area (Å²) in [5, 5.41) is 0. The maximum Gasteiger partial charge on any atom is 1.00 e. The summed E-state index contributed by atoms with van der Waals surface area (Å²) >= 11 is 0. The third-order valence-corrected chi connectivity index (χ3v) is 0. The Balaban J connectivity index is -0.00000000639. The smallest absolute Gasteiger partial charge is 0.358 e. The topological polar surface area (TPSA) is 0 Å². The van der Waals surface area contributed by atoms with Gasteiger partial charge in [0.15, 0.2) is 0 Å². The molecule has 0 fully saturated rings. The quantitative estimate of drug-likeness (QED) is 0.277. The molecule has 0 rings (SSSR count). The zero-order valence-electron chi connectivity index (χ0n) is 15.1. The number of rotatable bonds is 0. The summed E-state index contributed by atoms with van der Waals surface area (Å²) < 4.78 is 0. The van der Waals surface area contributed by atoms with E-state index in [4.69, 9.17) is 0 Å². The minimum atomic E-state index is 0. The van der Waals surface area contributed by atoms with Crippen molar-refractivity contribution in [3.05, 3.63) is 46.6 Å². The summed E-state index contributed by atoms with van der Waals surface area (Å²) in [5.41, 5.74) is 0. The molecule has 0 heterocycles. The van der Waals surface area contributed by atoms with E-state index in [1.807, 2.05) is 13.8 Å². The Morgan fingerprint density at radius 1 is 0.667 bits per heavy atom. The van der Waals surface area contributed by atoms with Gasteiger partial charge in [0.2, 0.25) is 0 Å². The van der Waals surface area contributed by atoms with Crippen LogP contribution in [-0.4, -0.2) is 0 Å². The summed E-state index contributed by atoms with van der Waals surface area (Å²) in [6, 6.07) is 0. The molecular formula is C18H45Rb3. The van der Waals surface area contributed by atoms with E-state index in [1.165, 1.54) is 0 Å². The van der Waals surface area contributed by atoms with Crippen LogP contribution in [0.2, 0.25) is 0 Å². The van der Waals surface area contributed by atoms with Crippen LogP contribution in [0.3, 0.4) is 0 Å². The molecule has 0 saturated carbocycles. The van der Waals surface area contributed by atoms with Gasteiger partial charge >= 0.3 is 175 Å². The summed E-state index contributed by atoms with van der Waals surface area (Å²) in [5.74, 6) is 1.17. The Bertz CT molecular complexity index is 73.0. The molecule has 3 heteroatoms. The molecule has 0 aliphatic rings. The van der Waals surface area contributed by atoms with Gasteiger partial charge in [0.25, 0.3) is 0 Å². The van der Waals surface area contributed by atoms with E-state index in [9.17, 15) is 0 Å². The molecule has 0 bridgehead atoms. The van der Waals surface area contributed by atoms with Crippen molar-refractivity contribution in [3.63, 3.8) is 0 Å². The Kier molecular flexibility index (Phi) is 294. The first-order valence-corrected chi connectivity index (χ1v) is 5.10. The molecule has 0 saturated heterocycles. The van der Waals surface area contributed by atoms with E-state index < -0.39 is 0 Å². The first-order chi connectivity index (χ1) is 6.29. The van der Waals surface area contributed by atoms with Crippen LogP contribution in [0.5, 0.6) is 0 Å². The molecule has 0 aromatic rings. The van der Waals surface area contributed by atoms with Gasteiger partial charge in [0, 0.05) is 0 Å². The largest absolute Gasteiger partial charge is 1.00 e. The molecule has 21 heavy (non-hydrogen) atoms. The van der Waals surface area contributed by atoms with Crippen LogP contribution in [-0.2, 0) is 0 Å². The summed E-state index contributed by atoms with van der Waals surface area (Å²) in [7, 11) is 0. The molecule has 120 valence electrons. The Hall–Kier alpha value is 4.90. The van der Waals surface area contributed by atoms with E-state index >= 15 is 0 Å². The van der Waals surface area contributed by atoms with E-state index in [-0.39, 0.29) is 204 Å². The first-order valence-electron chi connectivity index (χ1n) is 5.10. The Labute approximate surface area is 288 Å². The van der Waals surface area contributed by atoms with Crippen molar-refractivity contribution in [2.75, 3.05) is 0 Å². The van der Waals surface area contributed by atoms with Crippen molar-refractivity contribution in [3.8, 4) is 0 Å². The van der Waals surface area contributed by atoms with E-state index in [0.717, 1.165) is 0 Å². The maximum atomic E-state index is 3.64. The van der Waals surface area contributed by atoms with Crippen molar-refractivity contribution < 1.29 is 175 Å². The molecule has 0 amide bonds. The fourth-order valence-corrected chi connectivity index (χ4v) is 0. The zero-order chi connectivity index (χ0) is 12.6. The van der Waals surface area contributed by atoms with Crippen LogP contribution in [0.4, 0.5) is 0 Å². The summed E-state index contributed by atoms with van der Waals surface area (Å²) in [6.45, 7) is 26.0. The zero-order valence-corrected chi connectivity index (χ0v) is 29.9.